The van der Waals surface area contributed by atoms with E-state index in [1.54, 1.807) is 12.4 Å². The van der Waals surface area contributed by atoms with Gasteiger partial charge in [0, 0.05) is 36.1 Å². The van der Waals surface area contributed by atoms with E-state index in [-0.39, 0.29) is 18.4 Å². The Kier molecular flexibility index (Phi) is 5.73. The minimum absolute atomic E-state index is 0.0716. The number of carbonyl (C=O) groups is 1. The number of thiophene rings is 1. The third-order valence-corrected chi connectivity index (χ3v) is 6.81. The van der Waals surface area contributed by atoms with E-state index < -0.39 is 0 Å². The molecule has 0 saturated heterocycles. The fraction of sp³-hybridized carbons (Fsp3) is 0.429. The highest BCUT2D eigenvalue weighted by atomic mass is 32.1. The number of carbonyl (C=O) groups excluding carboxylic acids is 1. The Morgan fingerprint density at radius 3 is 3.00 bits per heavy atom. The maximum absolute atomic E-state index is 13.2. The highest BCUT2D eigenvalue weighted by molar-refractivity contribution is 7.14. The van der Waals surface area contributed by atoms with E-state index in [0.29, 0.717) is 34.6 Å². The number of aliphatic hydroxyl groups excluding tert-OH is 1. The summed E-state index contributed by atoms with van der Waals surface area (Å²) >= 11 is 1.49. The van der Waals surface area contributed by atoms with Crippen molar-refractivity contribution < 1.29 is 9.90 Å². The molecule has 3 aromatic heterocycles. The summed E-state index contributed by atoms with van der Waals surface area (Å²) < 4.78 is 1.85. The smallest absolute Gasteiger partial charge is 0.208 e. The number of nitrogens with zero attached hydrogens (tertiary/aromatic N) is 4. The predicted molar refractivity (Wildman–Crippen MR) is 112 cm³/mol. The van der Waals surface area contributed by atoms with Gasteiger partial charge in [0.1, 0.15) is 12.1 Å². The van der Waals surface area contributed by atoms with Gasteiger partial charge in [-0.15, -0.1) is 11.3 Å². The van der Waals surface area contributed by atoms with Gasteiger partial charge in [-0.3, -0.25) is 9.48 Å². The molecule has 152 valence electrons. The Bertz CT molecular complexity index is 985. The molecular weight excluding hydrogens is 386 g/mol. The Morgan fingerprint density at radius 1 is 1.41 bits per heavy atom. The van der Waals surface area contributed by atoms with Crippen molar-refractivity contribution in [2.75, 3.05) is 11.9 Å². The maximum atomic E-state index is 13.2. The van der Waals surface area contributed by atoms with Crippen molar-refractivity contribution in [3.05, 3.63) is 57.9 Å². The summed E-state index contributed by atoms with van der Waals surface area (Å²) in [7, 11) is 0. The van der Waals surface area contributed by atoms with Crippen LogP contribution in [-0.4, -0.2) is 43.3 Å². The fourth-order valence-corrected chi connectivity index (χ4v) is 4.99. The van der Waals surface area contributed by atoms with Crippen molar-refractivity contribution in [3.63, 3.8) is 0 Å². The Hall–Kier alpha value is -2.58. The van der Waals surface area contributed by atoms with Crippen LogP contribution in [0.1, 0.15) is 45.4 Å². The molecule has 0 unspecified atom stereocenters. The van der Waals surface area contributed by atoms with Gasteiger partial charge in [-0.25, -0.2) is 9.97 Å². The van der Waals surface area contributed by atoms with Crippen LogP contribution in [0.3, 0.4) is 0 Å². The van der Waals surface area contributed by atoms with E-state index in [4.69, 9.17) is 0 Å². The van der Waals surface area contributed by atoms with E-state index in [1.165, 1.54) is 17.7 Å². The predicted octanol–water partition coefficient (Wildman–Crippen LogP) is 3.14. The molecule has 3 aromatic rings. The molecule has 7 nitrogen and oxygen atoms in total. The largest absolute Gasteiger partial charge is 0.396 e. The summed E-state index contributed by atoms with van der Waals surface area (Å²) in [5.74, 6) is 1.24. The lowest BCUT2D eigenvalue weighted by molar-refractivity contribution is 0.104. The van der Waals surface area contributed by atoms with Crippen molar-refractivity contribution in [2.45, 2.75) is 39.3 Å². The summed E-state index contributed by atoms with van der Waals surface area (Å²) in [5, 5.41) is 17.2. The number of hydrogen-bond donors (Lipinski definition) is 2. The lowest BCUT2D eigenvalue weighted by atomic mass is 10.00. The third-order valence-electron chi connectivity index (χ3n) is 5.72. The van der Waals surface area contributed by atoms with Crippen LogP contribution in [0, 0.1) is 18.8 Å². The second-order valence-corrected chi connectivity index (χ2v) is 9.00. The molecule has 2 N–H and O–H groups in total. The molecule has 0 amide bonds. The number of aryl methyl sites for hydroxylation is 1. The molecule has 0 radical (unpaired) electrons. The van der Waals surface area contributed by atoms with E-state index in [1.807, 2.05) is 29.9 Å². The number of rotatable bonds is 7. The topological polar surface area (TPSA) is 92.9 Å². The van der Waals surface area contributed by atoms with Crippen LogP contribution in [0.4, 0.5) is 5.82 Å². The third kappa shape index (κ3) is 4.23. The van der Waals surface area contributed by atoms with Crippen LogP contribution < -0.4 is 5.32 Å². The van der Waals surface area contributed by atoms with Crippen LogP contribution in [0.2, 0.25) is 0 Å². The number of nitrogens with one attached hydrogen (secondary N) is 1. The molecule has 3 heterocycles. The molecule has 4 rings (SSSR count). The van der Waals surface area contributed by atoms with E-state index in [0.717, 1.165) is 23.3 Å². The van der Waals surface area contributed by atoms with Gasteiger partial charge in [0.15, 0.2) is 0 Å². The molecule has 1 fully saturated rings. The SMILES string of the molecule is Cc1sc(C(=O)c2cncnc2N[C@@H]2C[C@H](CO)[C@@H](C)C2)cc1Cn1cccn1. The first-order chi connectivity index (χ1) is 14.0. The first kappa shape index (κ1) is 19.7. The van der Waals surface area contributed by atoms with E-state index in [9.17, 15) is 9.90 Å². The quantitative estimate of drug-likeness (QED) is 0.580. The lowest BCUT2D eigenvalue weighted by Gasteiger charge is -2.15. The van der Waals surface area contributed by atoms with Crippen LogP contribution in [-0.2, 0) is 6.54 Å². The number of hydrogen-bond acceptors (Lipinski definition) is 7. The average molecular weight is 412 g/mol. The number of anilines is 1. The monoisotopic (exact) mass is 411 g/mol. The lowest BCUT2D eigenvalue weighted by Crippen LogP contribution is -2.19. The second kappa shape index (κ2) is 8.42. The van der Waals surface area contributed by atoms with Crippen LogP contribution in [0.25, 0.3) is 0 Å². The average Bonchev–Trinajstić information content (AvgIpc) is 3.43. The van der Waals surface area contributed by atoms with Gasteiger partial charge >= 0.3 is 0 Å². The number of aliphatic hydroxyl groups is 1. The highest BCUT2D eigenvalue weighted by Gasteiger charge is 2.31. The molecule has 3 atom stereocenters. The molecule has 0 aliphatic heterocycles. The summed E-state index contributed by atoms with van der Waals surface area (Å²) in [5.41, 5.74) is 1.57. The molecule has 8 heteroatoms. The van der Waals surface area contributed by atoms with Gasteiger partial charge in [0.25, 0.3) is 0 Å². The van der Waals surface area contributed by atoms with E-state index in [2.05, 4.69) is 27.3 Å². The summed E-state index contributed by atoms with van der Waals surface area (Å²) in [6.07, 6.45) is 8.54. The standard InChI is InChI=1S/C21H25N5O2S/c1-13-6-17(7-16(13)11-27)25-21-18(9-22-12-23-21)20(28)19-8-15(14(2)29-19)10-26-5-3-4-24-26/h3-5,8-9,12-13,16-17,27H,6-7,10-11H2,1-2H3,(H,22,23,25)/t13-,16+,17-/m0/s1. The fourth-order valence-electron chi connectivity index (χ4n) is 4.00. The molecule has 1 aliphatic carbocycles. The molecule has 1 saturated carbocycles. The van der Waals surface area contributed by atoms with Crippen molar-refractivity contribution in [3.8, 4) is 0 Å². The number of ketones is 1. The maximum Gasteiger partial charge on any atom is 0.208 e. The molecule has 1 aliphatic rings. The van der Waals surface area contributed by atoms with Gasteiger partial charge in [-0.05, 0) is 49.3 Å². The summed E-state index contributed by atoms with van der Waals surface area (Å²) in [4.78, 5) is 23.4. The number of aromatic nitrogens is 4. The van der Waals surface area contributed by atoms with Crippen LogP contribution >= 0.6 is 11.3 Å². The molecule has 0 bridgehead atoms. The van der Waals surface area contributed by atoms with Gasteiger partial charge in [0.2, 0.25) is 5.78 Å². The van der Waals surface area contributed by atoms with Crippen molar-refractivity contribution in [2.24, 2.45) is 11.8 Å². The van der Waals surface area contributed by atoms with Crippen molar-refractivity contribution in [1.29, 1.82) is 0 Å². The zero-order chi connectivity index (χ0) is 20.4. The Morgan fingerprint density at radius 2 is 2.28 bits per heavy atom. The highest BCUT2D eigenvalue weighted by Crippen LogP contribution is 2.34. The minimum Gasteiger partial charge on any atom is -0.396 e. The van der Waals surface area contributed by atoms with Gasteiger partial charge < -0.3 is 10.4 Å². The zero-order valence-electron chi connectivity index (χ0n) is 16.6. The zero-order valence-corrected chi connectivity index (χ0v) is 17.4. The van der Waals surface area contributed by atoms with Crippen molar-refractivity contribution in [1.82, 2.24) is 19.7 Å². The van der Waals surface area contributed by atoms with Crippen LogP contribution in [0.5, 0.6) is 0 Å². The summed E-state index contributed by atoms with van der Waals surface area (Å²) in [6.45, 7) is 5.02. The molecule has 0 spiro atoms. The normalized spacial score (nSPS) is 21.4. The Labute approximate surface area is 173 Å². The molecule has 29 heavy (non-hydrogen) atoms. The molecular formula is C21H25N5O2S. The van der Waals surface area contributed by atoms with Crippen molar-refractivity contribution >= 4 is 22.9 Å². The Balaban J connectivity index is 1.54. The minimum atomic E-state index is -0.0716. The molecule has 0 aromatic carbocycles. The van der Waals surface area contributed by atoms with Gasteiger partial charge in [0.05, 0.1) is 17.0 Å². The van der Waals surface area contributed by atoms with E-state index >= 15 is 0 Å². The summed E-state index contributed by atoms with van der Waals surface area (Å²) in [6, 6.07) is 4.03. The second-order valence-electron chi connectivity index (χ2n) is 7.74. The first-order valence-corrected chi connectivity index (χ1v) is 10.7. The van der Waals surface area contributed by atoms with Gasteiger partial charge in [-0.2, -0.15) is 5.10 Å². The van der Waals surface area contributed by atoms with Gasteiger partial charge in [-0.1, -0.05) is 6.92 Å². The van der Waals surface area contributed by atoms with Crippen LogP contribution in [0.15, 0.2) is 37.1 Å². The first-order valence-electron chi connectivity index (χ1n) is 9.84.